The summed E-state index contributed by atoms with van der Waals surface area (Å²) < 4.78 is 0. The Hall–Kier alpha value is -1.71. The van der Waals surface area contributed by atoms with E-state index in [0.29, 0.717) is 11.6 Å². The molecule has 4 N–H and O–H groups in total. The summed E-state index contributed by atoms with van der Waals surface area (Å²) in [6.45, 7) is 5.00. The van der Waals surface area contributed by atoms with E-state index in [-0.39, 0.29) is 5.56 Å². The molecule has 0 amide bonds. The Balaban J connectivity index is 2.79. The number of nitrogens with one attached hydrogen (secondary N) is 1. The van der Waals surface area contributed by atoms with E-state index in [1.165, 1.54) is 6.07 Å². The molecule has 0 saturated carbocycles. The zero-order valence-electron chi connectivity index (χ0n) is 8.95. The molecule has 0 aliphatic carbocycles. The minimum absolute atomic E-state index is 0.211. The van der Waals surface area contributed by atoms with Gasteiger partial charge >= 0.3 is 5.97 Å². The fourth-order valence-corrected chi connectivity index (χ4v) is 1.17. The quantitative estimate of drug-likeness (QED) is 0.662. The van der Waals surface area contributed by atoms with Crippen LogP contribution in [0.2, 0.25) is 0 Å². The molecule has 0 aliphatic rings. The molecule has 4 heteroatoms. The van der Waals surface area contributed by atoms with E-state index in [1.54, 1.807) is 12.1 Å². The van der Waals surface area contributed by atoms with Crippen molar-refractivity contribution in [3.63, 3.8) is 0 Å². The summed E-state index contributed by atoms with van der Waals surface area (Å²) in [6, 6.07) is 4.70. The van der Waals surface area contributed by atoms with Crippen LogP contribution in [0.3, 0.4) is 0 Å². The van der Waals surface area contributed by atoms with Crippen molar-refractivity contribution in [2.75, 3.05) is 17.6 Å². The summed E-state index contributed by atoms with van der Waals surface area (Å²) in [5.74, 6) is -0.444. The van der Waals surface area contributed by atoms with Gasteiger partial charge in [-0.05, 0) is 24.1 Å². The minimum atomic E-state index is -0.961. The Bertz CT molecular complexity index is 362. The van der Waals surface area contributed by atoms with Gasteiger partial charge in [0, 0.05) is 6.54 Å². The summed E-state index contributed by atoms with van der Waals surface area (Å²) in [7, 11) is 0. The maximum absolute atomic E-state index is 10.7. The van der Waals surface area contributed by atoms with Gasteiger partial charge < -0.3 is 16.2 Å². The Labute approximate surface area is 89.1 Å². The monoisotopic (exact) mass is 208 g/mol. The number of carbonyl (C=O) groups is 1. The lowest BCUT2D eigenvalue weighted by Crippen LogP contribution is -2.10. The lowest BCUT2D eigenvalue weighted by atomic mass is 10.1. The topological polar surface area (TPSA) is 75.3 Å². The Morgan fingerprint density at radius 3 is 2.67 bits per heavy atom. The number of anilines is 2. The van der Waals surface area contributed by atoms with Crippen LogP contribution in [0, 0.1) is 5.92 Å². The van der Waals surface area contributed by atoms with Crippen LogP contribution in [-0.4, -0.2) is 17.6 Å². The van der Waals surface area contributed by atoms with Gasteiger partial charge in [-0.3, -0.25) is 0 Å². The smallest absolute Gasteiger partial charge is 0.335 e. The average molecular weight is 208 g/mol. The Morgan fingerprint density at radius 2 is 2.20 bits per heavy atom. The lowest BCUT2D eigenvalue weighted by Gasteiger charge is -2.11. The SMILES string of the molecule is CC(C)CNc1ccc(C(=O)O)cc1N. The number of nitrogens with two attached hydrogens (primary N) is 1. The third-order valence-corrected chi connectivity index (χ3v) is 2.00. The van der Waals surface area contributed by atoms with E-state index in [1.807, 2.05) is 0 Å². The van der Waals surface area contributed by atoms with Gasteiger partial charge in [0.25, 0.3) is 0 Å². The number of aromatic carboxylic acids is 1. The second kappa shape index (κ2) is 4.68. The maximum Gasteiger partial charge on any atom is 0.335 e. The predicted octanol–water partition coefficient (Wildman–Crippen LogP) is 2.03. The van der Waals surface area contributed by atoms with E-state index < -0.39 is 5.97 Å². The number of hydrogen-bond donors (Lipinski definition) is 3. The average Bonchev–Trinajstić information content (AvgIpc) is 2.15. The Morgan fingerprint density at radius 1 is 1.53 bits per heavy atom. The van der Waals surface area contributed by atoms with Gasteiger partial charge in [-0.15, -0.1) is 0 Å². The van der Waals surface area contributed by atoms with Crippen LogP contribution in [-0.2, 0) is 0 Å². The van der Waals surface area contributed by atoms with Crippen LogP contribution in [0.15, 0.2) is 18.2 Å². The molecule has 0 aliphatic heterocycles. The van der Waals surface area contributed by atoms with Gasteiger partial charge in [-0.2, -0.15) is 0 Å². The van der Waals surface area contributed by atoms with Crippen molar-refractivity contribution in [2.45, 2.75) is 13.8 Å². The molecule has 1 rings (SSSR count). The van der Waals surface area contributed by atoms with Gasteiger partial charge in [0.2, 0.25) is 0 Å². The highest BCUT2D eigenvalue weighted by atomic mass is 16.4. The van der Waals surface area contributed by atoms with Gasteiger partial charge in [-0.25, -0.2) is 4.79 Å². The molecule has 0 atom stereocenters. The van der Waals surface area contributed by atoms with Gasteiger partial charge in [-0.1, -0.05) is 13.8 Å². The molecule has 0 spiro atoms. The van der Waals surface area contributed by atoms with Crippen LogP contribution in [0.1, 0.15) is 24.2 Å². The number of hydrogen-bond acceptors (Lipinski definition) is 3. The van der Waals surface area contributed by atoms with Crippen molar-refractivity contribution in [3.05, 3.63) is 23.8 Å². The van der Waals surface area contributed by atoms with Crippen molar-refractivity contribution in [1.82, 2.24) is 0 Å². The first-order valence-electron chi connectivity index (χ1n) is 4.87. The first-order chi connectivity index (χ1) is 7.00. The third-order valence-electron chi connectivity index (χ3n) is 2.00. The van der Waals surface area contributed by atoms with Crippen LogP contribution >= 0.6 is 0 Å². The third kappa shape index (κ3) is 3.16. The first-order valence-corrected chi connectivity index (χ1v) is 4.87. The van der Waals surface area contributed by atoms with Gasteiger partial charge in [0.15, 0.2) is 0 Å². The predicted molar refractivity (Wildman–Crippen MR) is 61.1 cm³/mol. The molecule has 0 aromatic heterocycles. The molecular formula is C11H16N2O2. The van der Waals surface area contributed by atoms with E-state index in [0.717, 1.165) is 12.2 Å². The number of nitrogen functional groups attached to an aromatic ring is 1. The fraction of sp³-hybridized carbons (Fsp3) is 0.364. The van der Waals surface area contributed by atoms with Crippen LogP contribution < -0.4 is 11.1 Å². The molecule has 1 aromatic carbocycles. The summed E-state index contributed by atoms with van der Waals surface area (Å²) >= 11 is 0. The highest BCUT2D eigenvalue weighted by Crippen LogP contribution is 2.20. The number of benzene rings is 1. The largest absolute Gasteiger partial charge is 0.478 e. The maximum atomic E-state index is 10.7. The number of carboxylic acids is 1. The zero-order chi connectivity index (χ0) is 11.4. The molecule has 0 radical (unpaired) electrons. The van der Waals surface area contributed by atoms with E-state index in [9.17, 15) is 4.79 Å². The number of carboxylic acid groups (broad SMARTS) is 1. The molecule has 0 unspecified atom stereocenters. The summed E-state index contributed by atoms with van der Waals surface area (Å²) in [5.41, 5.74) is 7.18. The second-order valence-electron chi connectivity index (χ2n) is 3.88. The standard InChI is InChI=1S/C11H16N2O2/c1-7(2)6-13-10-4-3-8(11(14)15)5-9(10)12/h3-5,7,13H,6,12H2,1-2H3,(H,14,15). The molecule has 0 saturated heterocycles. The van der Waals surface area contributed by atoms with Crippen LogP contribution in [0.25, 0.3) is 0 Å². The summed E-state index contributed by atoms with van der Waals surface area (Å²) in [6.07, 6.45) is 0. The van der Waals surface area contributed by atoms with Gasteiger partial charge in [0.1, 0.15) is 0 Å². The van der Waals surface area contributed by atoms with Gasteiger partial charge in [0.05, 0.1) is 16.9 Å². The van der Waals surface area contributed by atoms with Crippen molar-refractivity contribution in [1.29, 1.82) is 0 Å². The van der Waals surface area contributed by atoms with Crippen molar-refractivity contribution < 1.29 is 9.90 Å². The zero-order valence-corrected chi connectivity index (χ0v) is 8.95. The summed E-state index contributed by atoms with van der Waals surface area (Å²) in [4.78, 5) is 10.7. The molecule has 82 valence electrons. The fourth-order valence-electron chi connectivity index (χ4n) is 1.17. The molecular weight excluding hydrogens is 192 g/mol. The summed E-state index contributed by atoms with van der Waals surface area (Å²) in [5, 5.41) is 11.9. The second-order valence-corrected chi connectivity index (χ2v) is 3.88. The normalized spacial score (nSPS) is 10.3. The van der Waals surface area contributed by atoms with E-state index >= 15 is 0 Å². The molecule has 1 aromatic rings. The van der Waals surface area contributed by atoms with Crippen molar-refractivity contribution in [3.8, 4) is 0 Å². The van der Waals surface area contributed by atoms with E-state index in [2.05, 4.69) is 19.2 Å². The molecule has 0 bridgehead atoms. The molecule has 15 heavy (non-hydrogen) atoms. The highest BCUT2D eigenvalue weighted by Gasteiger charge is 2.06. The first kappa shape index (κ1) is 11.4. The number of rotatable bonds is 4. The lowest BCUT2D eigenvalue weighted by molar-refractivity contribution is 0.0697. The van der Waals surface area contributed by atoms with Crippen LogP contribution in [0.4, 0.5) is 11.4 Å². The molecule has 0 heterocycles. The van der Waals surface area contributed by atoms with E-state index in [4.69, 9.17) is 10.8 Å². The Kier molecular flexibility index (Phi) is 3.55. The molecule has 0 fully saturated rings. The minimum Gasteiger partial charge on any atom is -0.478 e. The molecule has 4 nitrogen and oxygen atoms in total. The van der Waals surface area contributed by atoms with Crippen LogP contribution in [0.5, 0.6) is 0 Å². The van der Waals surface area contributed by atoms with Crippen molar-refractivity contribution >= 4 is 17.3 Å². The van der Waals surface area contributed by atoms with Crippen molar-refractivity contribution in [2.24, 2.45) is 5.92 Å². The highest BCUT2D eigenvalue weighted by molar-refractivity contribution is 5.90.